The fourth-order valence-corrected chi connectivity index (χ4v) is 2.97. The molecule has 1 aromatic rings. The van der Waals surface area contributed by atoms with Crippen LogP contribution >= 0.6 is 24.0 Å². The van der Waals surface area contributed by atoms with Gasteiger partial charge in [-0.15, -0.1) is 24.0 Å². The summed E-state index contributed by atoms with van der Waals surface area (Å²) in [5, 5.41) is 11.8. The topological polar surface area (TPSA) is 124 Å². The van der Waals surface area contributed by atoms with E-state index in [1.54, 1.807) is 24.1 Å². The first kappa shape index (κ1) is 28.5. The number of ether oxygens (including phenoxy) is 1. The number of hydrogen-bond donors (Lipinski definition) is 4. The average Bonchev–Trinajstić information content (AvgIpc) is 2.74. The Morgan fingerprint density at radius 1 is 1.12 bits per heavy atom. The number of amides is 3. The smallest absolute Gasteiger partial charge is 0.407 e. The number of nitrogens with zero attached hydrogens (tertiary/aromatic N) is 2. The third-order valence-electron chi connectivity index (χ3n) is 4.52. The predicted molar refractivity (Wildman–Crippen MR) is 138 cm³/mol. The Balaban J connectivity index is 0.00000544. The van der Waals surface area contributed by atoms with Gasteiger partial charge in [-0.1, -0.05) is 12.1 Å². The molecule has 4 N–H and O–H groups in total. The van der Waals surface area contributed by atoms with Crippen molar-refractivity contribution in [1.29, 1.82) is 0 Å². The Bertz CT molecular complexity index is 823. The van der Waals surface area contributed by atoms with Crippen molar-refractivity contribution in [3.8, 4) is 0 Å². The molecule has 0 atom stereocenters. The van der Waals surface area contributed by atoms with Crippen LogP contribution in [-0.4, -0.2) is 74.1 Å². The van der Waals surface area contributed by atoms with E-state index in [2.05, 4.69) is 26.3 Å². The lowest BCUT2D eigenvalue weighted by Crippen LogP contribution is -2.49. The number of guanidine groups is 1. The fraction of sp³-hybridized carbons (Fsp3) is 0.545. The third-order valence-corrected chi connectivity index (χ3v) is 4.52. The van der Waals surface area contributed by atoms with Crippen LogP contribution in [0.3, 0.4) is 0 Å². The van der Waals surface area contributed by atoms with Crippen LogP contribution in [0.1, 0.15) is 43.1 Å². The second-order valence-corrected chi connectivity index (χ2v) is 8.41. The van der Waals surface area contributed by atoms with E-state index in [4.69, 9.17) is 4.74 Å². The molecule has 1 heterocycles. The van der Waals surface area contributed by atoms with E-state index < -0.39 is 11.7 Å². The van der Waals surface area contributed by atoms with Crippen molar-refractivity contribution in [3.63, 3.8) is 0 Å². The average molecular weight is 574 g/mol. The summed E-state index contributed by atoms with van der Waals surface area (Å²) < 4.78 is 5.19. The predicted octanol–water partition coefficient (Wildman–Crippen LogP) is 1.46. The number of carbonyl (C=O) groups is 3. The molecule has 0 aromatic heterocycles. The van der Waals surface area contributed by atoms with Gasteiger partial charge in [-0.05, 0) is 44.9 Å². The van der Waals surface area contributed by atoms with Gasteiger partial charge in [-0.3, -0.25) is 14.6 Å². The highest BCUT2D eigenvalue weighted by atomic mass is 127. The highest BCUT2D eigenvalue weighted by Crippen LogP contribution is 2.09. The number of alkyl carbamates (subject to hydrolysis) is 1. The van der Waals surface area contributed by atoms with Gasteiger partial charge in [-0.25, -0.2) is 4.79 Å². The Morgan fingerprint density at radius 2 is 1.79 bits per heavy atom. The molecule has 1 fully saturated rings. The second-order valence-electron chi connectivity index (χ2n) is 8.41. The lowest BCUT2D eigenvalue weighted by Gasteiger charge is -2.26. The molecule has 0 bridgehead atoms. The molecule has 3 amide bonds. The minimum Gasteiger partial charge on any atom is -0.444 e. The fourth-order valence-electron chi connectivity index (χ4n) is 2.97. The number of piperazine rings is 1. The number of rotatable bonds is 7. The Labute approximate surface area is 212 Å². The van der Waals surface area contributed by atoms with Gasteiger partial charge >= 0.3 is 6.09 Å². The van der Waals surface area contributed by atoms with E-state index >= 15 is 0 Å². The number of halogens is 1. The van der Waals surface area contributed by atoms with E-state index in [9.17, 15) is 14.4 Å². The molecule has 10 nitrogen and oxygen atoms in total. The molecule has 1 aromatic carbocycles. The van der Waals surface area contributed by atoms with Crippen molar-refractivity contribution in [2.24, 2.45) is 4.99 Å². The van der Waals surface area contributed by atoms with Gasteiger partial charge < -0.3 is 30.9 Å². The molecule has 184 valence electrons. The van der Waals surface area contributed by atoms with E-state index in [-0.39, 0.29) is 42.3 Å². The zero-order chi connectivity index (χ0) is 23.6. The SMILES string of the molecule is CN=C(NCCCNC(=O)OC(C)(C)C)NCc1ccc(C(=O)N2CCNC(=O)C2)cc1.I. The number of carbonyl (C=O) groups excluding carboxylic acids is 3. The summed E-state index contributed by atoms with van der Waals surface area (Å²) >= 11 is 0. The summed E-state index contributed by atoms with van der Waals surface area (Å²) in [6.45, 7) is 8.23. The largest absolute Gasteiger partial charge is 0.444 e. The van der Waals surface area contributed by atoms with Gasteiger partial charge in [-0.2, -0.15) is 0 Å². The van der Waals surface area contributed by atoms with Gasteiger partial charge in [0.25, 0.3) is 5.91 Å². The standard InChI is InChI=1S/C22H34N6O4.HI/c1-22(2,3)32-21(31)26-11-5-10-25-20(23-4)27-14-16-6-8-17(9-7-16)19(30)28-13-12-24-18(29)15-28;/h6-9H,5,10-15H2,1-4H3,(H,24,29)(H,26,31)(H2,23,25,27);1H. The molecular formula is C22H35IN6O4. The molecule has 0 saturated carbocycles. The van der Waals surface area contributed by atoms with Crippen LogP contribution in [0.5, 0.6) is 0 Å². The van der Waals surface area contributed by atoms with Crippen LogP contribution in [0.25, 0.3) is 0 Å². The lowest BCUT2D eigenvalue weighted by atomic mass is 10.1. The Kier molecular flexibility index (Phi) is 12.0. The van der Waals surface area contributed by atoms with Crippen LogP contribution in [0.4, 0.5) is 4.79 Å². The number of nitrogens with one attached hydrogen (secondary N) is 4. The summed E-state index contributed by atoms with van der Waals surface area (Å²) in [6, 6.07) is 7.29. The monoisotopic (exact) mass is 574 g/mol. The number of benzene rings is 1. The third kappa shape index (κ3) is 10.7. The molecule has 0 aliphatic carbocycles. The van der Waals surface area contributed by atoms with Crippen LogP contribution < -0.4 is 21.3 Å². The molecule has 11 heteroatoms. The van der Waals surface area contributed by atoms with Gasteiger partial charge in [0.15, 0.2) is 5.96 Å². The van der Waals surface area contributed by atoms with Crippen molar-refractivity contribution in [2.45, 2.75) is 39.3 Å². The molecule has 0 spiro atoms. The van der Waals surface area contributed by atoms with Crippen molar-refractivity contribution >= 4 is 47.8 Å². The Hall–Kier alpha value is -2.57. The Morgan fingerprint density at radius 3 is 2.39 bits per heavy atom. The zero-order valence-corrected chi connectivity index (χ0v) is 22.0. The lowest BCUT2D eigenvalue weighted by molar-refractivity contribution is -0.123. The zero-order valence-electron chi connectivity index (χ0n) is 19.7. The van der Waals surface area contributed by atoms with Crippen molar-refractivity contribution in [2.75, 3.05) is 39.8 Å². The van der Waals surface area contributed by atoms with E-state index in [1.807, 2.05) is 32.9 Å². The minimum atomic E-state index is -0.510. The molecular weight excluding hydrogens is 539 g/mol. The van der Waals surface area contributed by atoms with Crippen molar-refractivity contribution in [1.82, 2.24) is 26.2 Å². The maximum Gasteiger partial charge on any atom is 0.407 e. The molecule has 1 aliphatic heterocycles. The summed E-state index contributed by atoms with van der Waals surface area (Å²) in [4.78, 5) is 41.3. The molecule has 1 saturated heterocycles. The maximum absolute atomic E-state index is 12.5. The van der Waals surface area contributed by atoms with E-state index in [0.29, 0.717) is 50.7 Å². The van der Waals surface area contributed by atoms with Gasteiger partial charge in [0.1, 0.15) is 5.60 Å². The van der Waals surface area contributed by atoms with Crippen LogP contribution in [0.15, 0.2) is 29.3 Å². The highest BCUT2D eigenvalue weighted by molar-refractivity contribution is 14.0. The maximum atomic E-state index is 12.5. The molecule has 1 aliphatic rings. The number of hydrogen-bond acceptors (Lipinski definition) is 5. The number of aliphatic imine (C=N–C) groups is 1. The normalized spacial score (nSPS) is 14.0. The molecule has 33 heavy (non-hydrogen) atoms. The first-order valence-corrected chi connectivity index (χ1v) is 10.7. The summed E-state index contributed by atoms with van der Waals surface area (Å²) in [6.07, 6.45) is 0.288. The van der Waals surface area contributed by atoms with Gasteiger partial charge in [0, 0.05) is 45.3 Å². The summed E-state index contributed by atoms with van der Waals surface area (Å²) in [5.74, 6) is 0.364. The van der Waals surface area contributed by atoms with Crippen LogP contribution in [0, 0.1) is 0 Å². The van der Waals surface area contributed by atoms with Crippen molar-refractivity contribution in [3.05, 3.63) is 35.4 Å². The second kappa shape index (κ2) is 13.9. The highest BCUT2D eigenvalue weighted by Gasteiger charge is 2.22. The quantitative estimate of drug-likeness (QED) is 0.169. The summed E-state index contributed by atoms with van der Waals surface area (Å²) in [7, 11) is 1.69. The van der Waals surface area contributed by atoms with E-state index in [0.717, 1.165) is 5.56 Å². The van der Waals surface area contributed by atoms with Crippen molar-refractivity contribution < 1.29 is 19.1 Å². The molecule has 2 rings (SSSR count). The van der Waals surface area contributed by atoms with Gasteiger partial charge in [0.2, 0.25) is 5.91 Å². The van der Waals surface area contributed by atoms with Crippen LogP contribution in [0.2, 0.25) is 0 Å². The molecule has 0 unspecified atom stereocenters. The van der Waals surface area contributed by atoms with E-state index in [1.165, 1.54) is 0 Å². The first-order valence-electron chi connectivity index (χ1n) is 10.7. The van der Waals surface area contributed by atoms with Crippen LogP contribution in [-0.2, 0) is 16.1 Å². The molecule has 0 radical (unpaired) electrons. The van der Waals surface area contributed by atoms with Gasteiger partial charge in [0.05, 0.1) is 6.54 Å². The first-order chi connectivity index (χ1) is 15.2. The summed E-state index contributed by atoms with van der Waals surface area (Å²) in [5.41, 5.74) is 1.04. The minimum absolute atomic E-state index is 0.